The molecule has 2 atom stereocenters. The molecule has 4 heteroatoms. The molecule has 0 bridgehead atoms. The summed E-state index contributed by atoms with van der Waals surface area (Å²) in [5.41, 5.74) is 0.524. The van der Waals surface area contributed by atoms with Crippen LogP contribution in [0.2, 0.25) is 0 Å². The van der Waals surface area contributed by atoms with E-state index in [9.17, 15) is 9.18 Å². The van der Waals surface area contributed by atoms with Crippen LogP contribution in [0.4, 0.5) is 10.1 Å². The van der Waals surface area contributed by atoms with Crippen LogP contribution in [0, 0.1) is 17.7 Å². The van der Waals surface area contributed by atoms with Gasteiger partial charge in [-0.3, -0.25) is 4.79 Å². The number of halogens is 1. The van der Waals surface area contributed by atoms with Crippen molar-refractivity contribution in [1.29, 1.82) is 0 Å². The van der Waals surface area contributed by atoms with Crippen molar-refractivity contribution >= 4 is 11.6 Å². The molecule has 1 saturated heterocycles. The topological polar surface area (TPSA) is 32.3 Å². The molecule has 0 aromatic heterocycles. The maximum atomic E-state index is 13.0. The lowest BCUT2D eigenvalue weighted by Crippen LogP contribution is -2.40. The lowest BCUT2D eigenvalue weighted by Gasteiger charge is -2.34. The van der Waals surface area contributed by atoms with E-state index < -0.39 is 0 Å². The second-order valence-corrected chi connectivity index (χ2v) is 6.01. The first-order valence-electron chi connectivity index (χ1n) is 7.30. The number of hydrogen-bond acceptors (Lipinski definition) is 2. The number of nitrogens with one attached hydrogen (secondary N) is 1. The minimum absolute atomic E-state index is 0.0542. The van der Waals surface area contributed by atoms with Gasteiger partial charge >= 0.3 is 0 Å². The average Bonchev–Trinajstić information content (AvgIpc) is 2.35. The molecule has 1 N–H and O–H groups in total. The third-order valence-electron chi connectivity index (χ3n) is 3.71. The van der Waals surface area contributed by atoms with E-state index >= 15 is 0 Å². The zero-order valence-electron chi connectivity index (χ0n) is 12.2. The Morgan fingerprint density at radius 1 is 1.35 bits per heavy atom. The van der Waals surface area contributed by atoms with Crippen molar-refractivity contribution in [3.8, 4) is 0 Å². The summed E-state index contributed by atoms with van der Waals surface area (Å²) in [5, 5.41) is 2.74. The van der Waals surface area contributed by atoms with Gasteiger partial charge in [-0.25, -0.2) is 4.39 Å². The van der Waals surface area contributed by atoms with E-state index in [0.717, 1.165) is 19.6 Å². The molecule has 3 nitrogen and oxygen atoms in total. The van der Waals surface area contributed by atoms with Gasteiger partial charge in [-0.05, 0) is 36.5 Å². The molecule has 2 rings (SSSR count). The first-order chi connectivity index (χ1) is 9.52. The molecule has 0 radical (unpaired) electrons. The van der Waals surface area contributed by atoms with Gasteiger partial charge in [0.15, 0.2) is 0 Å². The maximum absolute atomic E-state index is 13.0. The number of nitrogens with zero attached hydrogens (tertiary/aromatic N) is 1. The third kappa shape index (κ3) is 4.60. The Morgan fingerprint density at radius 3 is 2.70 bits per heavy atom. The van der Waals surface area contributed by atoms with Gasteiger partial charge in [0.2, 0.25) is 5.91 Å². The Kier molecular flexibility index (Phi) is 5.12. The highest BCUT2D eigenvalue weighted by atomic mass is 19.1. The van der Waals surface area contributed by atoms with Crippen LogP contribution in [0.3, 0.4) is 0 Å². The quantitative estimate of drug-likeness (QED) is 0.917. The second-order valence-electron chi connectivity index (χ2n) is 6.01. The van der Waals surface area contributed by atoms with E-state index in [0.29, 0.717) is 23.9 Å². The van der Waals surface area contributed by atoms with E-state index in [2.05, 4.69) is 24.1 Å². The van der Waals surface area contributed by atoms with Crippen molar-refractivity contribution in [2.24, 2.45) is 11.8 Å². The standard InChI is InChI=1S/C16H23FN2O/c1-12-8-13(2)11-19(10-12)7-6-16(20)18-15-5-3-4-14(17)9-15/h3-5,9,12-13H,6-8,10-11H2,1-2H3,(H,18,20)/t12-,13-/m1/s1. The Labute approximate surface area is 120 Å². The third-order valence-corrected chi connectivity index (χ3v) is 3.71. The zero-order chi connectivity index (χ0) is 14.5. The molecule has 0 aliphatic carbocycles. The molecule has 1 fully saturated rings. The van der Waals surface area contributed by atoms with Gasteiger partial charge in [0.05, 0.1) is 0 Å². The largest absolute Gasteiger partial charge is 0.326 e. The highest BCUT2D eigenvalue weighted by Crippen LogP contribution is 2.21. The predicted octanol–water partition coefficient (Wildman–Crippen LogP) is 3.13. The Bertz CT molecular complexity index is 454. The Hall–Kier alpha value is -1.42. The SMILES string of the molecule is C[C@@H]1C[C@@H](C)CN(CCC(=O)Nc2cccc(F)c2)C1. The van der Waals surface area contributed by atoms with Crippen molar-refractivity contribution in [3.63, 3.8) is 0 Å². The molecule has 110 valence electrons. The van der Waals surface area contributed by atoms with Gasteiger partial charge in [0.1, 0.15) is 5.82 Å². The molecule has 0 unspecified atom stereocenters. The fourth-order valence-electron chi connectivity index (χ4n) is 3.02. The lowest BCUT2D eigenvalue weighted by molar-refractivity contribution is -0.116. The van der Waals surface area contributed by atoms with Crippen LogP contribution < -0.4 is 5.32 Å². The van der Waals surface area contributed by atoms with Crippen molar-refractivity contribution in [2.75, 3.05) is 25.0 Å². The van der Waals surface area contributed by atoms with Crippen molar-refractivity contribution in [3.05, 3.63) is 30.1 Å². The highest BCUT2D eigenvalue weighted by molar-refractivity contribution is 5.90. The lowest BCUT2D eigenvalue weighted by atomic mass is 9.92. The molecule has 0 spiro atoms. The fourth-order valence-corrected chi connectivity index (χ4v) is 3.02. The van der Waals surface area contributed by atoms with Crippen LogP contribution >= 0.6 is 0 Å². The molecule has 1 aliphatic heterocycles. The summed E-state index contributed by atoms with van der Waals surface area (Å²) < 4.78 is 13.0. The first-order valence-corrected chi connectivity index (χ1v) is 7.30. The van der Waals surface area contributed by atoms with Crippen LogP contribution in [0.1, 0.15) is 26.7 Å². The smallest absolute Gasteiger partial charge is 0.225 e. The molecule has 1 amide bonds. The number of likely N-dealkylation sites (tertiary alicyclic amines) is 1. The maximum Gasteiger partial charge on any atom is 0.225 e. The van der Waals surface area contributed by atoms with E-state index in [-0.39, 0.29) is 11.7 Å². The second kappa shape index (κ2) is 6.84. The summed E-state index contributed by atoms with van der Waals surface area (Å²) in [6, 6.07) is 6.00. The highest BCUT2D eigenvalue weighted by Gasteiger charge is 2.21. The number of benzene rings is 1. The number of amides is 1. The summed E-state index contributed by atoms with van der Waals surface area (Å²) in [6.07, 6.45) is 1.72. The summed E-state index contributed by atoms with van der Waals surface area (Å²) >= 11 is 0. The molecule has 20 heavy (non-hydrogen) atoms. The molecular formula is C16H23FN2O. The normalized spacial score (nSPS) is 23.6. The first kappa shape index (κ1) is 15.0. The van der Waals surface area contributed by atoms with E-state index in [1.165, 1.54) is 18.6 Å². The number of carbonyl (C=O) groups is 1. The van der Waals surface area contributed by atoms with Gasteiger partial charge in [0.25, 0.3) is 0 Å². The Balaban J connectivity index is 1.77. The number of carbonyl (C=O) groups excluding carboxylic acids is 1. The molecule has 1 aromatic carbocycles. The van der Waals surface area contributed by atoms with Crippen LogP contribution in [-0.4, -0.2) is 30.4 Å². The molecular weight excluding hydrogens is 255 g/mol. The molecule has 1 aliphatic rings. The summed E-state index contributed by atoms with van der Waals surface area (Å²) in [5.74, 6) is 1.01. The summed E-state index contributed by atoms with van der Waals surface area (Å²) in [4.78, 5) is 14.2. The number of anilines is 1. The van der Waals surface area contributed by atoms with Gasteiger partial charge in [-0.15, -0.1) is 0 Å². The van der Waals surface area contributed by atoms with Gasteiger partial charge < -0.3 is 10.2 Å². The molecule has 1 heterocycles. The van der Waals surface area contributed by atoms with Crippen molar-refractivity contribution in [1.82, 2.24) is 4.90 Å². The van der Waals surface area contributed by atoms with Crippen molar-refractivity contribution in [2.45, 2.75) is 26.7 Å². The zero-order valence-corrected chi connectivity index (χ0v) is 12.2. The van der Waals surface area contributed by atoms with E-state index in [1.54, 1.807) is 12.1 Å². The number of hydrogen-bond donors (Lipinski definition) is 1. The Morgan fingerprint density at radius 2 is 2.05 bits per heavy atom. The molecule has 0 saturated carbocycles. The fraction of sp³-hybridized carbons (Fsp3) is 0.562. The van der Waals surface area contributed by atoms with E-state index in [4.69, 9.17) is 0 Å². The minimum Gasteiger partial charge on any atom is -0.326 e. The summed E-state index contributed by atoms with van der Waals surface area (Å²) in [6.45, 7) is 7.43. The van der Waals surface area contributed by atoms with Crippen molar-refractivity contribution < 1.29 is 9.18 Å². The van der Waals surface area contributed by atoms with Crippen LogP contribution in [0.5, 0.6) is 0 Å². The van der Waals surface area contributed by atoms with E-state index in [1.807, 2.05) is 0 Å². The minimum atomic E-state index is -0.332. The monoisotopic (exact) mass is 278 g/mol. The van der Waals surface area contributed by atoms with Crippen LogP contribution in [0.15, 0.2) is 24.3 Å². The van der Waals surface area contributed by atoms with Gasteiger partial charge in [0, 0.05) is 31.7 Å². The molecule has 1 aromatic rings. The van der Waals surface area contributed by atoms with Gasteiger partial charge in [-0.1, -0.05) is 19.9 Å². The number of rotatable bonds is 4. The predicted molar refractivity (Wildman–Crippen MR) is 79.0 cm³/mol. The summed E-state index contributed by atoms with van der Waals surface area (Å²) in [7, 11) is 0. The van der Waals surface area contributed by atoms with Crippen LogP contribution in [-0.2, 0) is 4.79 Å². The van der Waals surface area contributed by atoms with Gasteiger partial charge in [-0.2, -0.15) is 0 Å². The van der Waals surface area contributed by atoms with Crippen LogP contribution in [0.25, 0.3) is 0 Å². The number of piperidine rings is 1. The average molecular weight is 278 g/mol.